The van der Waals surface area contributed by atoms with Crippen molar-refractivity contribution in [2.45, 2.75) is 76.7 Å². The van der Waals surface area contributed by atoms with Crippen LogP contribution in [0.1, 0.15) is 101 Å². The Morgan fingerprint density at radius 2 is 1.47 bits per heavy atom. The lowest BCUT2D eigenvalue weighted by Gasteiger charge is -2.50. The molecule has 3 aromatic heterocycles. The Morgan fingerprint density at radius 3 is 2.12 bits per heavy atom. The Balaban J connectivity index is 0.927. The van der Waals surface area contributed by atoms with E-state index in [1.807, 2.05) is 19.3 Å². The third-order valence-electron chi connectivity index (χ3n) is 12.8. The van der Waals surface area contributed by atoms with Gasteiger partial charge in [0.05, 0.1) is 36.3 Å². The van der Waals surface area contributed by atoms with Crippen molar-refractivity contribution in [2.24, 2.45) is 28.5 Å². The fourth-order valence-corrected chi connectivity index (χ4v) is 9.98. The minimum atomic E-state index is -0.761. The number of nitrogens with zero attached hydrogens (tertiary/aromatic N) is 5. The number of aromatic nitrogens is 3. The number of ether oxygens (including phenoxy) is 2. The van der Waals surface area contributed by atoms with Gasteiger partial charge in [-0.3, -0.25) is 50.2 Å². The van der Waals surface area contributed by atoms with Gasteiger partial charge in [-0.1, -0.05) is 13.8 Å². The monoisotopic (exact) mass is 849 g/mol. The molecule has 5 aliphatic rings. The van der Waals surface area contributed by atoms with E-state index in [1.165, 1.54) is 29.7 Å². The topological polar surface area (TPSA) is 211 Å². The van der Waals surface area contributed by atoms with Crippen molar-refractivity contribution in [1.29, 1.82) is 0 Å². The zero-order valence-corrected chi connectivity index (χ0v) is 34.3. The number of halogens is 2. The van der Waals surface area contributed by atoms with Crippen LogP contribution >= 0.6 is 11.3 Å². The Bertz CT molecular complexity index is 2180. The first-order chi connectivity index (χ1) is 28.7. The van der Waals surface area contributed by atoms with E-state index >= 15 is 0 Å². The summed E-state index contributed by atoms with van der Waals surface area (Å²) in [4.78, 5) is 83.3. The molecule has 0 aromatic carbocycles. The minimum absolute atomic E-state index is 0.00623. The van der Waals surface area contributed by atoms with E-state index in [1.54, 1.807) is 21.9 Å². The maximum absolute atomic E-state index is 14.8. The molecule has 1 aliphatic carbocycles. The van der Waals surface area contributed by atoms with E-state index in [0.717, 1.165) is 19.3 Å². The lowest BCUT2D eigenvalue weighted by atomic mass is 9.71. The SMILES string of the molecule is CC1(C)C[C@@H]1C(=O)N1CC2(CN(C(=O)c3cnc(C4CC(c5ccc(F)c(CC(=O)NN)n5)CCO4)s3)CC2C(=O)NNC(=O)Cc2nc(C3CCOCC3)ccc2F)C1. The predicted molar refractivity (Wildman–Crippen MR) is 210 cm³/mol. The van der Waals surface area contributed by atoms with Crippen molar-refractivity contribution >= 4 is 40.9 Å². The van der Waals surface area contributed by atoms with Gasteiger partial charge in [-0.2, -0.15) is 0 Å². The fourth-order valence-electron chi connectivity index (χ4n) is 9.03. The quantitative estimate of drug-likeness (QED) is 0.132. The molecule has 1 saturated carbocycles. The number of rotatable bonds is 10. The molecule has 4 atom stereocenters. The lowest BCUT2D eigenvalue weighted by molar-refractivity contribution is -0.152. The summed E-state index contributed by atoms with van der Waals surface area (Å²) in [7, 11) is 0. The third-order valence-corrected chi connectivity index (χ3v) is 13.8. The number of hydrazine groups is 2. The van der Waals surface area contributed by atoms with Crippen LogP contribution in [0, 0.1) is 34.3 Å². The molecule has 60 heavy (non-hydrogen) atoms. The van der Waals surface area contributed by atoms with E-state index in [-0.39, 0.29) is 79.0 Å². The highest BCUT2D eigenvalue weighted by atomic mass is 32.1. The molecule has 5 amide bonds. The van der Waals surface area contributed by atoms with Crippen LogP contribution in [0.5, 0.6) is 0 Å². The average molecular weight is 850 g/mol. The van der Waals surface area contributed by atoms with Gasteiger partial charge in [0.2, 0.25) is 23.6 Å². The zero-order chi connectivity index (χ0) is 42.3. The summed E-state index contributed by atoms with van der Waals surface area (Å²) in [6.07, 6.45) is 3.71. The summed E-state index contributed by atoms with van der Waals surface area (Å²) in [5, 5.41) is 0.579. The van der Waals surface area contributed by atoms with E-state index in [4.69, 9.17) is 15.3 Å². The minimum Gasteiger partial charge on any atom is -0.381 e. The molecule has 3 aromatic rings. The molecule has 3 unspecified atom stereocenters. The second kappa shape index (κ2) is 16.8. The van der Waals surface area contributed by atoms with Gasteiger partial charge in [0.15, 0.2) is 0 Å². The van der Waals surface area contributed by atoms with Gasteiger partial charge in [-0.25, -0.2) is 19.6 Å². The van der Waals surface area contributed by atoms with E-state index in [2.05, 4.69) is 25.8 Å². The zero-order valence-electron chi connectivity index (χ0n) is 33.5. The van der Waals surface area contributed by atoms with Gasteiger partial charge in [0, 0.05) is 80.6 Å². The maximum atomic E-state index is 14.8. The largest absolute Gasteiger partial charge is 0.381 e. The van der Waals surface area contributed by atoms with Crippen molar-refractivity contribution < 1.29 is 42.2 Å². The highest BCUT2D eigenvalue weighted by molar-refractivity contribution is 7.13. The summed E-state index contributed by atoms with van der Waals surface area (Å²) in [6, 6.07) is 5.81. The van der Waals surface area contributed by atoms with Crippen LogP contribution in [-0.2, 0) is 41.5 Å². The van der Waals surface area contributed by atoms with Gasteiger partial charge in [-0.15, -0.1) is 11.3 Å². The number of nitrogens with two attached hydrogens (primary N) is 1. The van der Waals surface area contributed by atoms with Crippen LogP contribution in [0.4, 0.5) is 8.78 Å². The molecular weight excluding hydrogens is 801 g/mol. The number of carbonyl (C=O) groups is 5. The second-order valence-corrected chi connectivity index (χ2v) is 18.4. The highest BCUT2D eigenvalue weighted by Crippen LogP contribution is 2.55. The molecule has 19 heteroatoms. The van der Waals surface area contributed by atoms with Crippen LogP contribution in [-0.4, -0.2) is 100 Å². The molecule has 320 valence electrons. The van der Waals surface area contributed by atoms with Crippen molar-refractivity contribution in [3.05, 3.63) is 74.8 Å². The number of hydrogen-bond donors (Lipinski definition) is 4. The first-order valence-electron chi connectivity index (χ1n) is 20.4. The number of amides is 5. The van der Waals surface area contributed by atoms with Crippen molar-refractivity contribution in [3.63, 3.8) is 0 Å². The summed E-state index contributed by atoms with van der Waals surface area (Å²) in [6.45, 7) is 6.45. The van der Waals surface area contributed by atoms with Crippen molar-refractivity contribution in [3.8, 4) is 0 Å². The smallest absolute Gasteiger partial charge is 0.265 e. The molecule has 5 fully saturated rings. The molecule has 5 N–H and O–H groups in total. The number of nitrogens with one attached hydrogen (secondary N) is 3. The molecule has 0 bridgehead atoms. The number of thiazole rings is 1. The summed E-state index contributed by atoms with van der Waals surface area (Å²) < 4.78 is 40.7. The van der Waals surface area contributed by atoms with Crippen molar-refractivity contribution in [2.75, 3.05) is 46.0 Å². The average Bonchev–Trinajstić information content (AvgIpc) is 3.54. The van der Waals surface area contributed by atoms with Gasteiger partial charge in [0.25, 0.3) is 5.91 Å². The molecule has 1 spiro atoms. The van der Waals surface area contributed by atoms with E-state index in [0.29, 0.717) is 53.9 Å². The molecule has 0 radical (unpaired) electrons. The van der Waals surface area contributed by atoms with Crippen LogP contribution in [0.25, 0.3) is 0 Å². The Labute approximate surface area is 349 Å². The van der Waals surface area contributed by atoms with E-state index in [9.17, 15) is 32.8 Å². The highest BCUT2D eigenvalue weighted by Gasteiger charge is 2.62. The number of carbonyl (C=O) groups excluding carboxylic acids is 5. The summed E-state index contributed by atoms with van der Waals surface area (Å²) in [5.41, 5.74) is 7.38. The van der Waals surface area contributed by atoms with Crippen molar-refractivity contribution in [1.82, 2.24) is 41.0 Å². The Kier molecular flexibility index (Phi) is 11.7. The Morgan fingerprint density at radius 1 is 0.850 bits per heavy atom. The molecular formula is C41H49F2N9O7S. The van der Waals surface area contributed by atoms with Gasteiger partial charge in [0.1, 0.15) is 27.6 Å². The van der Waals surface area contributed by atoms with Crippen LogP contribution in [0.2, 0.25) is 0 Å². The fraction of sp³-hybridized carbons (Fsp3) is 0.561. The summed E-state index contributed by atoms with van der Waals surface area (Å²) in [5.74, 6) is 1.07. The van der Waals surface area contributed by atoms with Gasteiger partial charge in [-0.05, 0) is 61.8 Å². The maximum Gasteiger partial charge on any atom is 0.265 e. The predicted octanol–water partition coefficient (Wildman–Crippen LogP) is 2.61. The van der Waals surface area contributed by atoms with Gasteiger partial charge >= 0.3 is 0 Å². The first-order valence-corrected chi connectivity index (χ1v) is 21.2. The molecule has 8 rings (SSSR count). The van der Waals surface area contributed by atoms with Crippen LogP contribution < -0.4 is 22.1 Å². The first kappa shape index (κ1) is 41.7. The number of hydrogen-bond acceptors (Lipinski definition) is 12. The van der Waals surface area contributed by atoms with Crippen LogP contribution in [0.3, 0.4) is 0 Å². The number of pyridine rings is 2. The molecule has 4 saturated heterocycles. The van der Waals surface area contributed by atoms with E-state index < -0.39 is 53.2 Å². The Hall–Kier alpha value is -4.98. The molecule has 4 aliphatic heterocycles. The summed E-state index contributed by atoms with van der Waals surface area (Å²) >= 11 is 1.19. The number of likely N-dealkylation sites (tertiary alicyclic amines) is 2. The second-order valence-electron chi connectivity index (χ2n) is 17.4. The third kappa shape index (κ3) is 8.62. The van der Waals surface area contributed by atoms with Gasteiger partial charge < -0.3 is 19.3 Å². The lowest BCUT2D eigenvalue weighted by Crippen LogP contribution is -2.65. The normalized spacial score (nSPS) is 24.4. The molecule has 7 heterocycles. The molecule has 16 nitrogen and oxygen atoms in total. The van der Waals surface area contributed by atoms with Crippen LogP contribution in [0.15, 0.2) is 30.5 Å². The standard InChI is InChI=1S/C41H49F2N9O7S/c1-40(2)16-24(40)38(56)52-20-41(21-52)19-51(18-25(41)36(55)50-49-35(54)15-31-27(43)3-5-28(46-31)22-7-10-58-11-8-22)39(57)33-17-45-37(60-33)32-13-23(9-12-59-32)29-6-4-26(42)30(47-29)14-34(53)48-44/h3-6,17,22-25,32H,7-16,18-21,44H2,1-2H3,(H,48,53)(H,49,54)(H,50,55)/t23?,24-,25?,32?/m1/s1.